The Morgan fingerprint density at radius 2 is 1.86 bits per heavy atom. The van der Waals surface area contributed by atoms with E-state index < -0.39 is 30.0 Å². The van der Waals surface area contributed by atoms with Crippen LogP contribution in [0.25, 0.3) is 0 Å². The summed E-state index contributed by atoms with van der Waals surface area (Å²) in [6.07, 6.45) is 0. The van der Waals surface area contributed by atoms with Gasteiger partial charge in [0.1, 0.15) is 5.82 Å². The number of hydrogen-bond acceptors (Lipinski definition) is 3. The van der Waals surface area contributed by atoms with Gasteiger partial charge in [-0.05, 0) is 19.1 Å². The first kappa shape index (κ1) is 10.9. The van der Waals surface area contributed by atoms with Gasteiger partial charge in [0.25, 0.3) is 0 Å². The van der Waals surface area contributed by atoms with Crippen LogP contribution in [0.1, 0.15) is 6.92 Å². The van der Waals surface area contributed by atoms with E-state index in [2.05, 4.69) is 0 Å². The van der Waals surface area contributed by atoms with Gasteiger partial charge >= 0.3 is 7.12 Å². The van der Waals surface area contributed by atoms with Crippen LogP contribution < -0.4 is 10.2 Å². The van der Waals surface area contributed by atoms with Crippen molar-refractivity contribution in [2.24, 2.45) is 0 Å². The van der Waals surface area contributed by atoms with Gasteiger partial charge in [-0.15, -0.1) is 0 Å². The highest BCUT2D eigenvalue weighted by atomic mass is 19.1. The van der Waals surface area contributed by atoms with Crippen molar-refractivity contribution in [2.75, 3.05) is 6.61 Å². The van der Waals surface area contributed by atoms with Crippen molar-refractivity contribution in [2.45, 2.75) is 6.92 Å². The Bertz CT molecular complexity index is 331. The predicted molar refractivity (Wildman–Crippen MR) is 47.4 cm³/mol. The number of benzene rings is 1. The molecule has 0 saturated carbocycles. The molecule has 0 aliphatic carbocycles. The van der Waals surface area contributed by atoms with Crippen molar-refractivity contribution in [3.63, 3.8) is 0 Å². The molecule has 0 fully saturated rings. The first-order valence-electron chi connectivity index (χ1n) is 4.04. The molecule has 0 amide bonds. The van der Waals surface area contributed by atoms with Crippen LogP contribution in [-0.2, 0) is 0 Å². The Morgan fingerprint density at radius 3 is 2.36 bits per heavy atom. The summed E-state index contributed by atoms with van der Waals surface area (Å²) < 4.78 is 30.9. The smallest absolute Gasteiger partial charge is 0.491 e. The molecule has 6 heteroatoms. The molecule has 0 bridgehead atoms. The number of halogens is 2. The Kier molecular flexibility index (Phi) is 3.43. The zero-order valence-electron chi connectivity index (χ0n) is 7.50. The van der Waals surface area contributed by atoms with Gasteiger partial charge in [0.15, 0.2) is 11.6 Å². The van der Waals surface area contributed by atoms with Crippen molar-refractivity contribution in [3.05, 3.63) is 23.8 Å². The number of ether oxygens (including phenoxy) is 1. The molecular formula is C8H9BF2O3. The molecule has 1 aromatic carbocycles. The summed E-state index contributed by atoms with van der Waals surface area (Å²) in [6.45, 7) is 1.69. The highest BCUT2D eigenvalue weighted by molar-refractivity contribution is 6.59. The maximum absolute atomic E-state index is 13.1. The second-order valence-electron chi connectivity index (χ2n) is 2.58. The molecule has 76 valence electrons. The van der Waals surface area contributed by atoms with E-state index in [0.29, 0.717) is 0 Å². The van der Waals surface area contributed by atoms with Crippen LogP contribution in [0.15, 0.2) is 12.1 Å². The fraction of sp³-hybridized carbons (Fsp3) is 0.250. The van der Waals surface area contributed by atoms with Crippen molar-refractivity contribution in [1.29, 1.82) is 0 Å². The van der Waals surface area contributed by atoms with Crippen LogP contribution in [0.4, 0.5) is 8.78 Å². The molecule has 0 heterocycles. The quantitative estimate of drug-likeness (QED) is 0.680. The number of hydrogen-bond donors (Lipinski definition) is 2. The van der Waals surface area contributed by atoms with Gasteiger partial charge in [-0.2, -0.15) is 0 Å². The molecule has 0 aromatic heterocycles. The highest BCUT2D eigenvalue weighted by Gasteiger charge is 2.24. The summed E-state index contributed by atoms with van der Waals surface area (Å²) in [6, 6.07) is 1.68. The van der Waals surface area contributed by atoms with Crippen LogP contribution in [-0.4, -0.2) is 23.8 Å². The summed E-state index contributed by atoms with van der Waals surface area (Å²) in [4.78, 5) is 0. The minimum atomic E-state index is -2.09. The Labute approximate surface area is 80.1 Å². The monoisotopic (exact) mass is 202 g/mol. The van der Waals surface area contributed by atoms with Crippen molar-refractivity contribution in [1.82, 2.24) is 0 Å². The van der Waals surface area contributed by atoms with Gasteiger partial charge in [0, 0.05) is 0 Å². The Morgan fingerprint density at radius 1 is 1.29 bits per heavy atom. The molecule has 0 atom stereocenters. The zero-order chi connectivity index (χ0) is 10.7. The third-order valence-electron chi connectivity index (χ3n) is 1.64. The SMILES string of the molecule is CCOc1c(F)ccc(F)c1B(O)O. The Balaban J connectivity index is 3.26. The predicted octanol–water partition coefficient (Wildman–Crippen LogP) is 0.0433. The second kappa shape index (κ2) is 4.39. The van der Waals surface area contributed by atoms with Crippen LogP contribution in [0.5, 0.6) is 5.75 Å². The fourth-order valence-corrected chi connectivity index (χ4v) is 1.08. The minimum absolute atomic E-state index is 0.111. The van der Waals surface area contributed by atoms with Gasteiger partial charge in [-0.1, -0.05) is 0 Å². The van der Waals surface area contributed by atoms with Crippen LogP contribution in [0.3, 0.4) is 0 Å². The average molecular weight is 202 g/mol. The molecule has 0 aliphatic heterocycles. The van der Waals surface area contributed by atoms with Crippen LogP contribution >= 0.6 is 0 Å². The number of rotatable bonds is 3. The minimum Gasteiger partial charge on any atom is -0.491 e. The van der Waals surface area contributed by atoms with E-state index in [4.69, 9.17) is 14.8 Å². The first-order valence-corrected chi connectivity index (χ1v) is 4.04. The lowest BCUT2D eigenvalue weighted by Crippen LogP contribution is -2.35. The molecule has 2 N–H and O–H groups in total. The summed E-state index contributed by atoms with van der Waals surface area (Å²) in [7, 11) is -2.09. The lowest BCUT2D eigenvalue weighted by Gasteiger charge is -2.10. The molecule has 0 aliphatic rings. The van der Waals surface area contributed by atoms with Crippen molar-refractivity contribution < 1.29 is 23.6 Å². The third kappa shape index (κ3) is 2.02. The van der Waals surface area contributed by atoms with Crippen molar-refractivity contribution in [3.8, 4) is 5.75 Å². The largest absolute Gasteiger partial charge is 0.495 e. The zero-order valence-corrected chi connectivity index (χ0v) is 7.50. The first-order chi connectivity index (χ1) is 6.57. The van der Waals surface area contributed by atoms with E-state index in [1.807, 2.05) is 0 Å². The normalized spacial score (nSPS) is 10.1. The lowest BCUT2D eigenvalue weighted by atomic mass is 9.79. The van der Waals surface area contributed by atoms with E-state index in [0.717, 1.165) is 12.1 Å². The summed E-state index contributed by atoms with van der Waals surface area (Å²) in [5.74, 6) is -2.19. The molecule has 14 heavy (non-hydrogen) atoms. The van der Waals surface area contributed by atoms with E-state index in [9.17, 15) is 8.78 Å². The van der Waals surface area contributed by atoms with Gasteiger partial charge in [-0.25, -0.2) is 8.78 Å². The van der Waals surface area contributed by atoms with Gasteiger partial charge in [-0.3, -0.25) is 0 Å². The lowest BCUT2D eigenvalue weighted by molar-refractivity contribution is 0.319. The van der Waals surface area contributed by atoms with E-state index >= 15 is 0 Å². The molecule has 1 rings (SSSR count). The molecule has 0 radical (unpaired) electrons. The molecular weight excluding hydrogens is 193 g/mol. The summed E-state index contributed by atoms with van der Waals surface area (Å²) in [5.41, 5.74) is -0.577. The standard InChI is InChI=1S/C8H9BF2O3/c1-2-14-8-6(11)4-3-5(10)7(8)9(12)13/h3-4,12-13H,2H2,1H3. The molecule has 0 unspecified atom stereocenters. The third-order valence-corrected chi connectivity index (χ3v) is 1.64. The molecule has 0 spiro atoms. The Hall–Kier alpha value is -1.14. The maximum atomic E-state index is 13.1. The second-order valence-corrected chi connectivity index (χ2v) is 2.58. The van der Waals surface area contributed by atoms with Gasteiger partial charge in [0.2, 0.25) is 0 Å². The molecule has 1 aromatic rings. The van der Waals surface area contributed by atoms with Gasteiger partial charge < -0.3 is 14.8 Å². The topological polar surface area (TPSA) is 49.7 Å². The van der Waals surface area contributed by atoms with E-state index in [1.54, 1.807) is 6.92 Å². The summed E-state index contributed by atoms with van der Waals surface area (Å²) in [5, 5.41) is 17.6. The van der Waals surface area contributed by atoms with Gasteiger partial charge in [0.05, 0.1) is 12.1 Å². The van der Waals surface area contributed by atoms with Crippen LogP contribution in [0, 0.1) is 11.6 Å². The molecule has 0 saturated heterocycles. The molecule has 3 nitrogen and oxygen atoms in total. The fourth-order valence-electron chi connectivity index (χ4n) is 1.08. The van der Waals surface area contributed by atoms with E-state index in [1.165, 1.54) is 0 Å². The van der Waals surface area contributed by atoms with E-state index in [-0.39, 0.29) is 6.61 Å². The van der Waals surface area contributed by atoms with Crippen LogP contribution in [0.2, 0.25) is 0 Å². The highest BCUT2D eigenvalue weighted by Crippen LogP contribution is 2.16. The average Bonchev–Trinajstić information content (AvgIpc) is 2.11. The maximum Gasteiger partial charge on any atom is 0.495 e. The summed E-state index contributed by atoms with van der Waals surface area (Å²) >= 11 is 0. The van der Waals surface area contributed by atoms with Crippen molar-refractivity contribution >= 4 is 12.6 Å².